The van der Waals surface area contributed by atoms with Crippen molar-refractivity contribution in [1.82, 2.24) is 15.6 Å². The predicted molar refractivity (Wildman–Crippen MR) is 99.6 cm³/mol. The van der Waals surface area contributed by atoms with Crippen molar-refractivity contribution in [3.63, 3.8) is 0 Å². The van der Waals surface area contributed by atoms with Crippen LogP contribution in [0, 0.1) is 12.8 Å². The summed E-state index contributed by atoms with van der Waals surface area (Å²) in [5.41, 5.74) is 3.82. The molecule has 0 unspecified atom stereocenters. The Morgan fingerprint density at radius 1 is 1.29 bits per heavy atom. The van der Waals surface area contributed by atoms with E-state index in [9.17, 15) is 0 Å². The van der Waals surface area contributed by atoms with Crippen LogP contribution in [-0.2, 0) is 11.2 Å². The minimum atomic E-state index is 0.735. The number of ether oxygens (including phenoxy) is 1. The number of rotatable bonds is 8. The van der Waals surface area contributed by atoms with Gasteiger partial charge in [0, 0.05) is 43.8 Å². The number of aliphatic imine (C=N–C) groups is 1. The molecule has 0 atom stereocenters. The number of benzene rings is 1. The summed E-state index contributed by atoms with van der Waals surface area (Å²) in [4.78, 5) is 7.61. The first-order valence-corrected chi connectivity index (χ1v) is 8.85. The molecule has 1 saturated carbocycles. The number of nitrogens with zero attached hydrogens (tertiary/aromatic N) is 1. The summed E-state index contributed by atoms with van der Waals surface area (Å²) in [5.74, 6) is 1.66. The summed E-state index contributed by atoms with van der Waals surface area (Å²) in [6, 6.07) is 6.55. The van der Waals surface area contributed by atoms with E-state index in [-0.39, 0.29) is 0 Å². The SMILES string of the molecule is CN=C(NCCOCC1CC1)NCCc1c[nH]c2cc(C)ccc12. The van der Waals surface area contributed by atoms with E-state index in [2.05, 4.69) is 51.9 Å². The smallest absolute Gasteiger partial charge is 0.191 e. The average molecular weight is 328 g/mol. The second-order valence-corrected chi connectivity index (χ2v) is 6.56. The Bertz CT molecular complexity index is 688. The molecule has 0 aliphatic heterocycles. The number of hydrogen-bond acceptors (Lipinski definition) is 2. The molecule has 3 rings (SSSR count). The molecule has 1 heterocycles. The van der Waals surface area contributed by atoms with Crippen molar-refractivity contribution in [3.8, 4) is 0 Å². The molecule has 5 heteroatoms. The summed E-state index contributed by atoms with van der Waals surface area (Å²) in [6.45, 7) is 5.40. The third kappa shape index (κ3) is 4.74. The van der Waals surface area contributed by atoms with Crippen LogP contribution in [0.5, 0.6) is 0 Å². The van der Waals surface area contributed by atoms with Crippen LogP contribution < -0.4 is 10.6 Å². The van der Waals surface area contributed by atoms with E-state index in [1.54, 1.807) is 7.05 Å². The number of nitrogens with one attached hydrogen (secondary N) is 3. The summed E-state index contributed by atoms with van der Waals surface area (Å²) in [6.07, 6.45) is 5.74. The van der Waals surface area contributed by atoms with Gasteiger partial charge in [0.05, 0.1) is 6.61 Å². The van der Waals surface area contributed by atoms with Gasteiger partial charge in [0.2, 0.25) is 0 Å². The molecule has 1 aliphatic rings. The van der Waals surface area contributed by atoms with Crippen LogP contribution in [0.3, 0.4) is 0 Å². The van der Waals surface area contributed by atoms with Crippen LogP contribution in [0.4, 0.5) is 0 Å². The van der Waals surface area contributed by atoms with Gasteiger partial charge >= 0.3 is 0 Å². The van der Waals surface area contributed by atoms with Gasteiger partial charge in [-0.05, 0) is 49.3 Å². The molecule has 2 aromatic rings. The maximum absolute atomic E-state index is 5.62. The molecular weight excluding hydrogens is 300 g/mol. The molecule has 5 nitrogen and oxygen atoms in total. The fourth-order valence-electron chi connectivity index (χ4n) is 2.82. The standard InChI is InChI=1S/C19H28N4O/c1-14-3-6-17-16(12-23-18(17)11-14)7-8-21-19(20-2)22-9-10-24-13-15-4-5-15/h3,6,11-12,15,23H,4-5,7-10,13H2,1-2H3,(H2,20,21,22). The van der Waals surface area contributed by atoms with E-state index in [1.807, 2.05) is 0 Å². The summed E-state index contributed by atoms with van der Waals surface area (Å²) < 4.78 is 5.62. The molecule has 0 spiro atoms. The molecule has 3 N–H and O–H groups in total. The van der Waals surface area contributed by atoms with E-state index in [1.165, 1.54) is 34.9 Å². The Balaban J connectivity index is 1.38. The summed E-state index contributed by atoms with van der Waals surface area (Å²) in [5, 5.41) is 7.96. The highest BCUT2D eigenvalue weighted by Crippen LogP contribution is 2.28. The zero-order valence-electron chi connectivity index (χ0n) is 14.7. The van der Waals surface area contributed by atoms with Crippen LogP contribution in [0.2, 0.25) is 0 Å². The first-order valence-electron chi connectivity index (χ1n) is 8.85. The molecule has 1 aromatic carbocycles. The van der Waals surface area contributed by atoms with Gasteiger partial charge in [0.15, 0.2) is 5.96 Å². The Morgan fingerprint density at radius 2 is 2.12 bits per heavy atom. The summed E-state index contributed by atoms with van der Waals surface area (Å²) in [7, 11) is 1.80. The Kier molecular flexibility index (Phi) is 5.75. The number of hydrogen-bond donors (Lipinski definition) is 3. The van der Waals surface area contributed by atoms with Gasteiger partial charge < -0.3 is 20.4 Å². The second-order valence-electron chi connectivity index (χ2n) is 6.56. The number of guanidine groups is 1. The molecule has 1 aromatic heterocycles. The van der Waals surface area contributed by atoms with E-state index in [0.717, 1.165) is 44.6 Å². The highest BCUT2D eigenvalue weighted by atomic mass is 16.5. The van der Waals surface area contributed by atoms with Gasteiger partial charge in [0.1, 0.15) is 0 Å². The highest BCUT2D eigenvalue weighted by Gasteiger charge is 2.20. The van der Waals surface area contributed by atoms with Crippen LogP contribution in [-0.4, -0.2) is 44.3 Å². The van der Waals surface area contributed by atoms with Crippen LogP contribution in [0.1, 0.15) is 24.0 Å². The topological polar surface area (TPSA) is 61.4 Å². The zero-order chi connectivity index (χ0) is 16.8. The number of aryl methyl sites for hydroxylation is 1. The maximum Gasteiger partial charge on any atom is 0.191 e. The van der Waals surface area contributed by atoms with Crippen molar-refractivity contribution < 1.29 is 4.74 Å². The number of aromatic amines is 1. The van der Waals surface area contributed by atoms with Gasteiger partial charge in [-0.15, -0.1) is 0 Å². The largest absolute Gasteiger partial charge is 0.379 e. The molecule has 0 bridgehead atoms. The lowest BCUT2D eigenvalue weighted by atomic mass is 10.1. The van der Waals surface area contributed by atoms with E-state index in [0.29, 0.717) is 0 Å². The van der Waals surface area contributed by atoms with Crippen molar-refractivity contribution in [2.24, 2.45) is 10.9 Å². The van der Waals surface area contributed by atoms with Gasteiger partial charge in [-0.2, -0.15) is 0 Å². The first kappa shape index (κ1) is 16.8. The Hall–Kier alpha value is -2.01. The first-order chi connectivity index (χ1) is 11.8. The van der Waals surface area contributed by atoms with Gasteiger partial charge in [-0.3, -0.25) is 4.99 Å². The number of H-pyrrole nitrogens is 1. The van der Waals surface area contributed by atoms with Crippen molar-refractivity contribution in [2.75, 3.05) is 33.4 Å². The highest BCUT2D eigenvalue weighted by molar-refractivity contribution is 5.84. The van der Waals surface area contributed by atoms with Crippen molar-refractivity contribution >= 4 is 16.9 Å². The molecule has 0 saturated heterocycles. The van der Waals surface area contributed by atoms with Crippen LogP contribution in [0.15, 0.2) is 29.4 Å². The monoisotopic (exact) mass is 328 g/mol. The van der Waals surface area contributed by atoms with E-state index in [4.69, 9.17) is 4.74 Å². The Labute approximate surface area is 143 Å². The lowest BCUT2D eigenvalue weighted by molar-refractivity contribution is 0.129. The van der Waals surface area contributed by atoms with Gasteiger partial charge in [-0.1, -0.05) is 12.1 Å². The van der Waals surface area contributed by atoms with Crippen molar-refractivity contribution in [1.29, 1.82) is 0 Å². The van der Waals surface area contributed by atoms with E-state index >= 15 is 0 Å². The van der Waals surface area contributed by atoms with Crippen LogP contribution in [0.25, 0.3) is 10.9 Å². The molecule has 130 valence electrons. The van der Waals surface area contributed by atoms with Crippen LogP contribution >= 0.6 is 0 Å². The molecule has 1 aliphatic carbocycles. The predicted octanol–water partition coefficient (Wildman–Crippen LogP) is 2.61. The molecular formula is C19H28N4O. The fourth-order valence-corrected chi connectivity index (χ4v) is 2.82. The van der Waals surface area contributed by atoms with Crippen molar-refractivity contribution in [3.05, 3.63) is 35.5 Å². The minimum Gasteiger partial charge on any atom is -0.379 e. The van der Waals surface area contributed by atoms with Gasteiger partial charge in [-0.25, -0.2) is 0 Å². The normalized spacial score (nSPS) is 15.0. The fraction of sp³-hybridized carbons (Fsp3) is 0.526. The second kappa shape index (κ2) is 8.20. The summed E-state index contributed by atoms with van der Waals surface area (Å²) >= 11 is 0. The third-order valence-corrected chi connectivity index (χ3v) is 4.42. The molecule has 24 heavy (non-hydrogen) atoms. The minimum absolute atomic E-state index is 0.735. The quantitative estimate of drug-likeness (QED) is 0.396. The number of aromatic nitrogens is 1. The number of fused-ring (bicyclic) bond motifs is 1. The lowest BCUT2D eigenvalue weighted by Crippen LogP contribution is -2.39. The molecule has 0 radical (unpaired) electrons. The molecule has 1 fully saturated rings. The zero-order valence-corrected chi connectivity index (χ0v) is 14.7. The van der Waals surface area contributed by atoms with Crippen molar-refractivity contribution in [2.45, 2.75) is 26.2 Å². The molecule has 0 amide bonds. The lowest BCUT2D eigenvalue weighted by Gasteiger charge is -2.12. The average Bonchev–Trinajstić information content (AvgIpc) is 3.33. The van der Waals surface area contributed by atoms with E-state index < -0.39 is 0 Å². The van der Waals surface area contributed by atoms with Gasteiger partial charge in [0.25, 0.3) is 0 Å². The third-order valence-electron chi connectivity index (χ3n) is 4.42. The maximum atomic E-state index is 5.62. The Morgan fingerprint density at radius 3 is 2.92 bits per heavy atom.